The highest BCUT2D eigenvalue weighted by Crippen LogP contribution is 2.60. The fourth-order valence-electron chi connectivity index (χ4n) is 6.69. The van der Waals surface area contributed by atoms with Crippen molar-refractivity contribution in [1.29, 1.82) is 0 Å². The molecule has 0 heterocycles. The Bertz CT molecular complexity index is 915. The SMILES string of the molecule is COc1ccc2c(c1)CC(SC(F)(F)F)(C(=O)OC1(C)C3CC4CC(C3)CC1C4)C2=O. The predicted molar refractivity (Wildman–Crippen MR) is 109 cm³/mol. The van der Waals surface area contributed by atoms with Gasteiger partial charge in [0.05, 0.1) is 7.11 Å². The van der Waals surface area contributed by atoms with E-state index in [1.807, 2.05) is 6.92 Å². The molecule has 6 rings (SSSR count). The lowest BCUT2D eigenvalue weighted by Crippen LogP contribution is -2.60. The summed E-state index contributed by atoms with van der Waals surface area (Å²) in [5.74, 6) is 0.102. The Labute approximate surface area is 183 Å². The second-order valence-electron chi connectivity index (χ2n) is 9.78. The van der Waals surface area contributed by atoms with Crippen molar-refractivity contribution in [2.45, 2.75) is 61.3 Å². The van der Waals surface area contributed by atoms with Crippen LogP contribution >= 0.6 is 11.8 Å². The van der Waals surface area contributed by atoms with Crippen LogP contribution in [0.4, 0.5) is 13.2 Å². The lowest BCUT2D eigenvalue weighted by atomic mass is 9.50. The van der Waals surface area contributed by atoms with Crippen molar-refractivity contribution in [3.63, 3.8) is 0 Å². The molecule has 31 heavy (non-hydrogen) atoms. The Morgan fingerprint density at radius 1 is 1.10 bits per heavy atom. The molecule has 5 aliphatic carbocycles. The first-order valence-electron chi connectivity index (χ1n) is 10.8. The number of carbonyl (C=O) groups is 2. The second-order valence-corrected chi connectivity index (χ2v) is 11.1. The molecule has 4 bridgehead atoms. The molecule has 4 fully saturated rings. The largest absolute Gasteiger partial charge is 0.497 e. The number of ether oxygens (including phenoxy) is 2. The number of methoxy groups -OCH3 is 1. The molecule has 0 N–H and O–H groups in total. The van der Waals surface area contributed by atoms with Crippen LogP contribution in [0.3, 0.4) is 0 Å². The van der Waals surface area contributed by atoms with Crippen molar-refractivity contribution in [3.05, 3.63) is 29.3 Å². The molecule has 0 saturated heterocycles. The van der Waals surface area contributed by atoms with E-state index >= 15 is 0 Å². The molecule has 168 valence electrons. The molecule has 1 unspecified atom stereocenters. The smallest absolute Gasteiger partial charge is 0.443 e. The number of esters is 1. The van der Waals surface area contributed by atoms with Crippen LogP contribution in [0.5, 0.6) is 5.75 Å². The van der Waals surface area contributed by atoms with Crippen LogP contribution in [-0.4, -0.2) is 34.7 Å². The highest BCUT2D eigenvalue weighted by molar-refractivity contribution is 8.03. The molecular formula is C23H25F3O4S. The van der Waals surface area contributed by atoms with E-state index in [0.29, 0.717) is 23.1 Å². The number of hydrogen-bond acceptors (Lipinski definition) is 5. The Balaban J connectivity index is 1.48. The summed E-state index contributed by atoms with van der Waals surface area (Å²) in [5, 5.41) is 0. The minimum atomic E-state index is -4.76. The molecule has 4 saturated carbocycles. The second kappa shape index (κ2) is 6.90. The van der Waals surface area contributed by atoms with Gasteiger partial charge in [-0.2, -0.15) is 13.2 Å². The first-order chi connectivity index (χ1) is 14.5. The fraction of sp³-hybridized carbons (Fsp3) is 0.652. The minimum absolute atomic E-state index is 0.129. The molecule has 0 spiro atoms. The fourth-order valence-corrected chi connectivity index (χ4v) is 7.64. The third-order valence-corrected chi connectivity index (χ3v) is 9.13. The zero-order valence-electron chi connectivity index (χ0n) is 17.5. The van der Waals surface area contributed by atoms with Crippen molar-refractivity contribution >= 4 is 23.5 Å². The molecule has 0 aromatic heterocycles. The van der Waals surface area contributed by atoms with Gasteiger partial charge in [0, 0.05) is 12.0 Å². The van der Waals surface area contributed by atoms with E-state index in [-0.39, 0.29) is 23.8 Å². The van der Waals surface area contributed by atoms with Crippen molar-refractivity contribution in [3.8, 4) is 5.75 Å². The maximum atomic E-state index is 13.6. The summed E-state index contributed by atoms with van der Waals surface area (Å²) in [4.78, 5) is 26.7. The summed E-state index contributed by atoms with van der Waals surface area (Å²) < 4.78 is 49.6. The standard InChI is InChI=1S/C23H25F3O4S/c1-21(15-6-12-5-13(8-15)9-16(21)7-12)30-20(28)22(31-23(24,25)26)11-14-10-17(29-2)3-4-18(14)19(22)27/h3-4,10,12-13,15-16H,5-9,11H2,1-2H3. The molecule has 4 nitrogen and oxygen atoms in total. The lowest BCUT2D eigenvalue weighted by Gasteiger charge is -2.59. The van der Waals surface area contributed by atoms with E-state index in [4.69, 9.17) is 9.47 Å². The number of benzene rings is 1. The number of carbonyl (C=O) groups excluding carboxylic acids is 2. The number of rotatable bonds is 4. The van der Waals surface area contributed by atoms with Crippen LogP contribution < -0.4 is 4.74 Å². The van der Waals surface area contributed by atoms with Gasteiger partial charge < -0.3 is 9.47 Å². The Morgan fingerprint density at radius 2 is 1.71 bits per heavy atom. The molecule has 1 aromatic rings. The van der Waals surface area contributed by atoms with Gasteiger partial charge in [-0.05, 0) is 98.2 Å². The monoisotopic (exact) mass is 454 g/mol. The van der Waals surface area contributed by atoms with Crippen LogP contribution in [0.25, 0.3) is 0 Å². The topological polar surface area (TPSA) is 52.6 Å². The summed E-state index contributed by atoms with van der Waals surface area (Å²) in [6.45, 7) is 1.87. The minimum Gasteiger partial charge on any atom is -0.497 e. The molecular weight excluding hydrogens is 429 g/mol. The normalized spacial score (nSPS) is 38.3. The van der Waals surface area contributed by atoms with Crippen LogP contribution in [0, 0.1) is 23.7 Å². The van der Waals surface area contributed by atoms with Gasteiger partial charge in [-0.25, -0.2) is 0 Å². The highest BCUT2D eigenvalue weighted by atomic mass is 32.2. The number of ketones is 1. The summed E-state index contributed by atoms with van der Waals surface area (Å²) in [7, 11) is 1.44. The number of fused-ring (bicyclic) bond motifs is 1. The molecule has 1 aromatic carbocycles. The molecule has 0 aliphatic heterocycles. The summed E-state index contributed by atoms with van der Waals surface area (Å²) in [5.41, 5.74) is -5.06. The van der Waals surface area contributed by atoms with E-state index in [1.54, 1.807) is 0 Å². The molecule has 0 radical (unpaired) electrons. The summed E-state index contributed by atoms with van der Waals surface area (Å²) in [6.07, 6.45) is 4.64. The lowest BCUT2D eigenvalue weighted by molar-refractivity contribution is -0.204. The summed E-state index contributed by atoms with van der Waals surface area (Å²) in [6, 6.07) is 4.49. The average molecular weight is 455 g/mol. The van der Waals surface area contributed by atoms with Gasteiger partial charge in [0.2, 0.25) is 0 Å². The molecule has 5 aliphatic rings. The van der Waals surface area contributed by atoms with E-state index < -0.39 is 39.4 Å². The quantitative estimate of drug-likeness (QED) is 0.463. The number of halogens is 3. The third-order valence-electron chi connectivity index (χ3n) is 8.05. The van der Waals surface area contributed by atoms with Crippen molar-refractivity contribution in [2.75, 3.05) is 7.11 Å². The number of alkyl halides is 3. The number of Topliss-reactive ketones (excluding diaryl/α,β-unsaturated/α-hetero) is 1. The van der Waals surface area contributed by atoms with Crippen molar-refractivity contribution in [1.82, 2.24) is 0 Å². The van der Waals surface area contributed by atoms with Gasteiger partial charge in [0.1, 0.15) is 11.4 Å². The molecule has 8 heteroatoms. The van der Waals surface area contributed by atoms with Gasteiger partial charge in [-0.3, -0.25) is 9.59 Å². The maximum absolute atomic E-state index is 13.6. The number of hydrogen-bond donors (Lipinski definition) is 0. The maximum Gasteiger partial charge on any atom is 0.443 e. The predicted octanol–water partition coefficient (Wildman–Crippen LogP) is 5.18. The van der Waals surface area contributed by atoms with E-state index in [9.17, 15) is 22.8 Å². The van der Waals surface area contributed by atoms with Crippen LogP contribution in [0.2, 0.25) is 0 Å². The van der Waals surface area contributed by atoms with Gasteiger partial charge in [-0.15, -0.1) is 0 Å². The van der Waals surface area contributed by atoms with Gasteiger partial charge in [0.25, 0.3) is 0 Å². The van der Waals surface area contributed by atoms with Crippen LogP contribution in [0.1, 0.15) is 54.9 Å². The number of thioether (sulfide) groups is 1. The zero-order valence-corrected chi connectivity index (χ0v) is 18.3. The van der Waals surface area contributed by atoms with Crippen molar-refractivity contribution in [2.24, 2.45) is 23.7 Å². The van der Waals surface area contributed by atoms with Gasteiger partial charge >= 0.3 is 11.5 Å². The van der Waals surface area contributed by atoms with Crippen LogP contribution in [-0.2, 0) is 16.0 Å². The highest BCUT2D eigenvalue weighted by Gasteiger charge is 2.63. The van der Waals surface area contributed by atoms with Gasteiger partial charge in [0.15, 0.2) is 10.5 Å². The molecule has 1 atom stereocenters. The first kappa shape index (κ1) is 21.2. The molecule has 0 amide bonds. The third kappa shape index (κ3) is 3.28. The summed E-state index contributed by atoms with van der Waals surface area (Å²) >= 11 is -0.542. The van der Waals surface area contributed by atoms with E-state index in [0.717, 1.165) is 25.7 Å². The Morgan fingerprint density at radius 3 is 2.26 bits per heavy atom. The first-order valence-corrected chi connectivity index (χ1v) is 11.6. The van der Waals surface area contributed by atoms with Gasteiger partial charge in [-0.1, -0.05) is 0 Å². The zero-order chi connectivity index (χ0) is 22.2. The Hall–Kier alpha value is -1.70. The van der Waals surface area contributed by atoms with E-state index in [1.165, 1.54) is 31.7 Å². The van der Waals surface area contributed by atoms with Crippen LogP contribution in [0.15, 0.2) is 18.2 Å². The van der Waals surface area contributed by atoms with E-state index in [2.05, 4.69) is 0 Å². The van der Waals surface area contributed by atoms with Crippen molar-refractivity contribution < 1.29 is 32.2 Å². The average Bonchev–Trinajstić information content (AvgIpc) is 2.96. The Kier molecular flexibility index (Phi) is 4.71.